The summed E-state index contributed by atoms with van der Waals surface area (Å²) in [5, 5.41) is 10.3. The zero-order chi connectivity index (χ0) is 9.72. The van der Waals surface area contributed by atoms with Gasteiger partial charge in [0.25, 0.3) is 0 Å². The van der Waals surface area contributed by atoms with Crippen molar-refractivity contribution in [3.8, 4) is 0 Å². The number of carboxylic acid groups (broad SMARTS) is 1. The number of aliphatic carboxylic acids is 1. The summed E-state index contributed by atoms with van der Waals surface area (Å²) in [4.78, 5) is 23.4. The third kappa shape index (κ3) is 3.18. The maximum absolute atomic E-state index is 11.2. The van der Waals surface area contributed by atoms with E-state index in [2.05, 4.69) is 4.94 Å². The minimum atomic E-state index is -1.39. The van der Waals surface area contributed by atoms with Crippen molar-refractivity contribution in [3.63, 3.8) is 0 Å². The second-order valence-electron chi connectivity index (χ2n) is 2.57. The second kappa shape index (κ2) is 4.53. The van der Waals surface area contributed by atoms with Crippen LogP contribution < -0.4 is 5.32 Å². The summed E-state index contributed by atoms with van der Waals surface area (Å²) in [6.07, 6.45) is -1.39. The van der Waals surface area contributed by atoms with Crippen LogP contribution in [0.25, 0.3) is 0 Å². The van der Waals surface area contributed by atoms with Crippen LogP contribution >= 0.6 is 0 Å². The Morgan fingerprint density at radius 1 is 1.50 bits per heavy atom. The number of carbonyl (C=O) groups is 2. The van der Waals surface area contributed by atoms with Gasteiger partial charge in [-0.2, -0.15) is 0 Å². The maximum atomic E-state index is 11.2. The third-order valence-electron chi connectivity index (χ3n) is 1.28. The normalized spacial score (nSPS) is 12.3. The summed E-state index contributed by atoms with van der Waals surface area (Å²) >= 11 is 0. The summed E-state index contributed by atoms with van der Waals surface area (Å²) in [5.74, 6) is -1.56. The summed E-state index contributed by atoms with van der Waals surface area (Å²) < 4.78 is 11.2. The highest BCUT2D eigenvalue weighted by Gasteiger charge is 2.24. The van der Waals surface area contributed by atoms with Gasteiger partial charge in [0, 0.05) is 4.53 Å². The van der Waals surface area contributed by atoms with E-state index in [-0.39, 0.29) is 5.92 Å². The molecule has 0 saturated heterocycles. The first-order chi connectivity index (χ1) is 5.49. The molecule has 0 radical (unpaired) electrons. The van der Waals surface area contributed by atoms with Crippen LogP contribution in [0.2, 0.25) is 0 Å². The molecule has 0 heterocycles. The van der Waals surface area contributed by atoms with Crippen LogP contribution in [0, 0.1) is 5.92 Å². The van der Waals surface area contributed by atoms with Crippen LogP contribution in [0.4, 0.5) is 9.32 Å². The van der Waals surface area contributed by atoms with Gasteiger partial charge in [0.15, 0.2) is 0 Å². The molecule has 12 heavy (non-hydrogen) atoms. The predicted molar refractivity (Wildman–Crippen MR) is 37.0 cm³/mol. The van der Waals surface area contributed by atoms with Crippen molar-refractivity contribution in [1.82, 2.24) is 5.32 Å². The molecule has 70 valence electrons. The zero-order valence-electron chi connectivity index (χ0n) is 6.70. The number of amides is 1. The summed E-state index contributed by atoms with van der Waals surface area (Å²) in [7, 11) is 0. The number of carbonyl (C=O) groups excluding carboxylic acids is 1. The molecule has 1 atom stereocenters. The highest BCUT2D eigenvalue weighted by Crippen LogP contribution is 2.01. The molecule has 0 aromatic heterocycles. The lowest BCUT2D eigenvalue weighted by Crippen LogP contribution is -2.43. The Morgan fingerprint density at radius 2 is 2.00 bits per heavy atom. The molecule has 0 aromatic rings. The van der Waals surface area contributed by atoms with Gasteiger partial charge in [-0.15, -0.1) is 0 Å². The largest absolute Gasteiger partial charge is 0.480 e. The monoisotopic (exact) mass is 179 g/mol. The molecule has 5 nitrogen and oxygen atoms in total. The molecule has 1 amide bonds. The van der Waals surface area contributed by atoms with Gasteiger partial charge in [-0.25, -0.2) is 14.5 Å². The topological polar surface area (TPSA) is 75.6 Å². The molecule has 0 saturated carbocycles. The van der Waals surface area contributed by atoms with E-state index in [9.17, 15) is 14.1 Å². The number of halogens is 1. The molecule has 0 aliphatic carbocycles. The van der Waals surface area contributed by atoms with Crippen molar-refractivity contribution < 1.29 is 24.2 Å². The summed E-state index contributed by atoms with van der Waals surface area (Å²) in [5.41, 5.74) is 0. The second-order valence-corrected chi connectivity index (χ2v) is 2.57. The predicted octanol–water partition coefficient (Wildman–Crippen LogP) is 0.706. The highest BCUT2D eigenvalue weighted by molar-refractivity contribution is 5.79. The van der Waals surface area contributed by atoms with Gasteiger partial charge >= 0.3 is 12.1 Å². The van der Waals surface area contributed by atoms with Gasteiger partial charge in [0.1, 0.15) is 6.04 Å². The van der Waals surface area contributed by atoms with E-state index in [1.165, 1.54) is 0 Å². The lowest BCUT2D eigenvalue weighted by Gasteiger charge is -2.15. The summed E-state index contributed by atoms with van der Waals surface area (Å²) in [6.45, 7) is 3.16. The molecule has 0 spiro atoms. The van der Waals surface area contributed by atoms with Crippen molar-refractivity contribution in [3.05, 3.63) is 0 Å². The van der Waals surface area contributed by atoms with Gasteiger partial charge in [-0.1, -0.05) is 13.8 Å². The molecule has 0 aliphatic heterocycles. The minimum absolute atomic E-state index is 0.332. The lowest BCUT2D eigenvalue weighted by molar-refractivity contribution is -0.141. The van der Waals surface area contributed by atoms with Crippen molar-refractivity contribution in [2.24, 2.45) is 5.92 Å². The fraction of sp³-hybridized carbons (Fsp3) is 0.667. The van der Waals surface area contributed by atoms with Crippen LogP contribution in [-0.4, -0.2) is 23.2 Å². The average Bonchev–Trinajstić information content (AvgIpc) is 1.98. The third-order valence-corrected chi connectivity index (χ3v) is 1.28. The molecular weight excluding hydrogens is 169 g/mol. The van der Waals surface area contributed by atoms with Gasteiger partial charge in [0.05, 0.1) is 0 Å². The van der Waals surface area contributed by atoms with Crippen molar-refractivity contribution >= 4 is 12.1 Å². The van der Waals surface area contributed by atoms with E-state index in [0.29, 0.717) is 0 Å². The van der Waals surface area contributed by atoms with E-state index in [4.69, 9.17) is 5.11 Å². The van der Waals surface area contributed by atoms with Crippen LogP contribution in [0.5, 0.6) is 0 Å². The fourth-order valence-electron chi connectivity index (χ4n) is 0.663. The van der Waals surface area contributed by atoms with Gasteiger partial charge in [-0.05, 0) is 5.92 Å². The number of rotatable bonds is 3. The first-order valence-electron chi connectivity index (χ1n) is 3.31. The van der Waals surface area contributed by atoms with Gasteiger partial charge in [0.2, 0.25) is 0 Å². The molecule has 0 aromatic carbocycles. The molecule has 0 rings (SSSR count). The molecule has 1 unspecified atom stereocenters. The fourth-order valence-corrected chi connectivity index (χ4v) is 0.663. The minimum Gasteiger partial charge on any atom is -0.480 e. The van der Waals surface area contributed by atoms with Crippen LogP contribution in [0.15, 0.2) is 0 Å². The van der Waals surface area contributed by atoms with Gasteiger partial charge < -0.3 is 10.4 Å². The van der Waals surface area contributed by atoms with Crippen LogP contribution in [-0.2, 0) is 9.74 Å². The summed E-state index contributed by atoms with van der Waals surface area (Å²) in [6, 6.07) is -1.13. The SMILES string of the molecule is CC(C)C(NC(=O)OF)C(=O)O. The number of carboxylic acids is 1. The molecule has 6 heteroatoms. The number of hydrogen-bond donors (Lipinski definition) is 2. The quantitative estimate of drug-likeness (QED) is 0.668. The zero-order valence-corrected chi connectivity index (χ0v) is 6.70. The van der Waals surface area contributed by atoms with Crippen LogP contribution in [0.3, 0.4) is 0 Å². The number of nitrogens with one attached hydrogen (secondary N) is 1. The molecule has 0 bridgehead atoms. The number of hydrogen-bond acceptors (Lipinski definition) is 3. The standard InChI is InChI=1S/C6H10FNO4/c1-3(2)4(5(9)10)8-6(11)12-7/h3-4H,1-2H3,(H,8,11)(H,9,10). The van der Waals surface area contributed by atoms with Gasteiger partial charge in [-0.3, -0.25) is 0 Å². The molecule has 0 fully saturated rings. The smallest absolute Gasteiger partial charge is 0.445 e. The van der Waals surface area contributed by atoms with Crippen molar-refractivity contribution in [1.29, 1.82) is 0 Å². The van der Waals surface area contributed by atoms with E-state index in [0.717, 1.165) is 0 Å². The Hall–Kier alpha value is -1.33. The lowest BCUT2D eigenvalue weighted by atomic mass is 10.1. The Labute approximate surface area is 68.4 Å². The van der Waals surface area contributed by atoms with Crippen LogP contribution in [0.1, 0.15) is 13.8 Å². The molecule has 2 N–H and O–H groups in total. The Morgan fingerprint density at radius 3 is 2.25 bits per heavy atom. The van der Waals surface area contributed by atoms with E-state index < -0.39 is 18.1 Å². The molecular formula is C6H10FNO4. The van der Waals surface area contributed by atoms with E-state index >= 15 is 0 Å². The van der Waals surface area contributed by atoms with E-state index in [1.807, 2.05) is 5.32 Å². The van der Waals surface area contributed by atoms with Crippen molar-refractivity contribution in [2.75, 3.05) is 0 Å². The Bertz CT molecular complexity index is 182. The van der Waals surface area contributed by atoms with E-state index in [1.54, 1.807) is 13.8 Å². The highest BCUT2D eigenvalue weighted by atomic mass is 19.3. The Kier molecular flexibility index (Phi) is 4.03. The maximum Gasteiger partial charge on any atom is 0.445 e. The van der Waals surface area contributed by atoms with Crippen molar-refractivity contribution in [2.45, 2.75) is 19.9 Å². The average molecular weight is 179 g/mol. The first-order valence-corrected chi connectivity index (χ1v) is 3.31. The molecule has 0 aliphatic rings. The Balaban J connectivity index is 4.14. The first kappa shape index (κ1) is 10.7.